The molecule has 1 fully saturated rings. The molecule has 0 saturated carbocycles. The highest BCUT2D eigenvalue weighted by atomic mass is 16.5. The molecule has 5 nitrogen and oxygen atoms in total. The highest BCUT2D eigenvalue weighted by molar-refractivity contribution is 5.49. The molecule has 0 aromatic carbocycles. The van der Waals surface area contributed by atoms with E-state index >= 15 is 0 Å². The fourth-order valence-corrected chi connectivity index (χ4v) is 1.40. The van der Waals surface area contributed by atoms with Gasteiger partial charge in [-0.2, -0.15) is 0 Å². The van der Waals surface area contributed by atoms with Crippen molar-refractivity contribution in [3.8, 4) is 0 Å². The molecule has 2 rings (SSSR count). The van der Waals surface area contributed by atoms with Gasteiger partial charge >= 0.3 is 0 Å². The number of nitrogens with zero attached hydrogens (tertiary/aromatic N) is 3. The van der Waals surface area contributed by atoms with Gasteiger partial charge in [0.15, 0.2) is 6.20 Å². The first kappa shape index (κ1) is 7.88. The van der Waals surface area contributed by atoms with Crippen molar-refractivity contribution in [1.82, 2.24) is 5.01 Å². The molecule has 2 aliphatic heterocycles. The summed E-state index contributed by atoms with van der Waals surface area (Å²) in [6, 6.07) is 0. The minimum atomic E-state index is 0.198. The number of nitrogens with two attached hydrogens (primary N) is 1. The smallest absolute Gasteiger partial charge is 0.234 e. The van der Waals surface area contributed by atoms with Crippen LogP contribution >= 0.6 is 0 Å². The second-order valence-corrected chi connectivity index (χ2v) is 2.92. The topological polar surface area (TPSA) is 50.8 Å². The van der Waals surface area contributed by atoms with E-state index in [1.54, 1.807) is 12.5 Å². The molecule has 0 bridgehead atoms. The van der Waals surface area contributed by atoms with Crippen LogP contribution in [-0.4, -0.2) is 42.4 Å². The van der Waals surface area contributed by atoms with Gasteiger partial charge in [-0.05, 0) is 0 Å². The Labute approximate surface area is 71.2 Å². The van der Waals surface area contributed by atoms with Crippen molar-refractivity contribution in [2.24, 2.45) is 10.8 Å². The molecular weight excluding hydrogens is 156 g/mol. The van der Waals surface area contributed by atoms with Crippen LogP contribution in [-0.2, 0) is 4.74 Å². The van der Waals surface area contributed by atoms with Gasteiger partial charge in [0.2, 0.25) is 6.34 Å². The third kappa shape index (κ3) is 1.27. The molecule has 1 atom stereocenters. The minimum absolute atomic E-state index is 0.198. The SMILES string of the molecule is N[N+]1(N2CCOCC2)C=CN=C1. The number of ether oxygens (including phenoxy) is 1. The summed E-state index contributed by atoms with van der Waals surface area (Å²) < 4.78 is 5.43. The van der Waals surface area contributed by atoms with Crippen molar-refractivity contribution in [1.29, 1.82) is 0 Å². The largest absolute Gasteiger partial charge is 0.378 e. The van der Waals surface area contributed by atoms with E-state index in [9.17, 15) is 0 Å². The van der Waals surface area contributed by atoms with Gasteiger partial charge in [-0.25, -0.2) is 4.99 Å². The number of hydrogen-bond acceptors (Lipinski definition) is 4. The van der Waals surface area contributed by atoms with Gasteiger partial charge < -0.3 is 4.74 Å². The van der Waals surface area contributed by atoms with Crippen molar-refractivity contribution < 1.29 is 9.44 Å². The van der Waals surface area contributed by atoms with E-state index in [1.165, 1.54) is 0 Å². The van der Waals surface area contributed by atoms with Gasteiger partial charge in [-0.3, -0.25) is 0 Å². The molecule has 2 aliphatic rings. The molecule has 1 unspecified atom stereocenters. The first-order valence-electron chi connectivity index (χ1n) is 4.03. The van der Waals surface area contributed by atoms with Crippen molar-refractivity contribution >= 4 is 6.34 Å². The Hall–Kier alpha value is -0.750. The monoisotopic (exact) mass is 169 g/mol. The summed E-state index contributed by atoms with van der Waals surface area (Å²) in [7, 11) is 0. The van der Waals surface area contributed by atoms with Crippen LogP contribution in [0, 0.1) is 0 Å². The fraction of sp³-hybridized carbons (Fsp3) is 0.571. The molecular formula is C7H13N4O+. The van der Waals surface area contributed by atoms with Crippen LogP contribution in [0.4, 0.5) is 0 Å². The van der Waals surface area contributed by atoms with Gasteiger partial charge in [-0.1, -0.05) is 0 Å². The maximum Gasteiger partial charge on any atom is 0.234 e. The minimum Gasteiger partial charge on any atom is -0.378 e. The Bertz CT molecular complexity index is 207. The second-order valence-electron chi connectivity index (χ2n) is 2.92. The van der Waals surface area contributed by atoms with Gasteiger partial charge in [0, 0.05) is 0 Å². The third-order valence-corrected chi connectivity index (χ3v) is 2.12. The lowest BCUT2D eigenvalue weighted by molar-refractivity contribution is -0.920. The lowest BCUT2D eigenvalue weighted by atomic mass is 10.5. The molecule has 5 heteroatoms. The molecule has 1 saturated heterocycles. The summed E-state index contributed by atoms with van der Waals surface area (Å²) in [6.07, 6.45) is 5.28. The van der Waals surface area contributed by atoms with E-state index in [2.05, 4.69) is 10.0 Å². The molecule has 0 aromatic heterocycles. The second kappa shape index (κ2) is 2.95. The lowest BCUT2D eigenvalue weighted by Gasteiger charge is -2.34. The Balaban J connectivity index is 2.06. The zero-order valence-corrected chi connectivity index (χ0v) is 6.89. The Morgan fingerprint density at radius 1 is 1.42 bits per heavy atom. The number of aliphatic imine (C=N–C) groups is 1. The maximum atomic E-state index is 6.01. The van der Waals surface area contributed by atoms with Crippen LogP contribution in [0.2, 0.25) is 0 Å². The molecule has 0 amide bonds. The molecule has 12 heavy (non-hydrogen) atoms. The molecule has 0 spiro atoms. The highest BCUT2D eigenvalue weighted by Gasteiger charge is 2.32. The van der Waals surface area contributed by atoms with Crippen LogP contribution in [0.15, 0.2) is 17.4 Å². The van der Waals surface area contributed by atoms with Gasteiger partial charge in [0.05, 0.1) is 32.5 Å². The summed E-state index contributed by atoms with van der Waals surface area (Å²) in [5.41, 5.74) is 0. The van der Waals surface area contributed by atoms with E-state index in [0.717, 1.165) is 26.3 Å². The Morgan fingerprint density at radius 2 is 2.17 bits per heavy atom. The average molecular weight is 169 g/mol. The predicted molar refractivity (Wildman–Crippen MR) is 44.5 cm³/mol. The van der Waals surface area contributed by atoms with E-state index in [-0.39, 0.29) is 4.70 Å². The van der Waals surface area contributed by atoms with Crippen molar-refractivity contribution in [3.05, 3.63) is 12.4 Å². The number of rotatable bonds is 1. The maximum absolute atomic E-state index is 6.01. The van der Waals surface area contributed by atoms with Crippen LogP contribution in [0.25, 0.3) is 0 Å². The molecule has 66 valence electrons. The molecule has 2 heterocycles. The van der Waals surface area contributed by atoms with Crippen molar-refractivity contribution in [2.45, 2.75) is 0 Å². The molecule has 0 radical (unpaired) electrons. The zero-order chi connectivity index (χ0) is 8.44. The van der Waals surface area contributed by atoms with Crippen LogP contribution in [0.5, 0.6) is 0 Å². The van der Waals surface area contributed by atoms with Gasteiger partial charge in [0.1, 0.15) is 0 Å². The van der Waals surface area contributed by atoms with Crippen LogP contribution < -0.4 is 5.84 Å². The summed E-state index contributed by atoms with van der Waals surface area (Å²) >= 11 is 0. The van der Waals surface area contributed by atoms with Crippen LogP contribution in [0.1, 0.15) is 0 Å². The first-order valence-corrected chi connectivity index (χ1v) is 4.03. The third-order valence-electron chi connectivity index (χ3n) is 2.12. The first-order chi connectivity index (χ1) is 5.81. The van der Waals surface area contributed by atoms with Gasteiger partial charge in [-0.15, -0.1) is 15.6 Å². The van der Waals surface area contributed by atoms with E-state index < -0.39 is 0 Å². The Morgan fingerprint density at radius 3 is 2.75 bits per heavy atom. The average Bonchev–Trinajstić information content (AvgIpc) is 2.55. The van der Waals surface area contributed by atoms with E-state index in [0.29, 0.717) is 0 Å². The number of morpholine rings is 1. The van der Waals surface area contributed by atoms with Crippen molar-refractivity contribution in [3.63, 3.8) is 0 Å². The highest BCUT2D eigenvalue weighted by Crippen LogP contribution is 2.11. The number of quaternary nitrogens is 1. The van der Waals surface area contributed by atoms with Crippen molar-refractivity contribution in [2.75, 3.05) is 26.3 Å². The molecule has 0 aromatic rings. The number of hydrogen-bond donors (Lipinski definition) is 1. The van der Waals surface area contributed by atoms with Gasteiger partial charge in [0.25, 0.3) is 0 Å². The fourth-order valence-electron chi connectivity index (χ4n) is 1.40. The van der Waals surface area contributed by atoms with Crippen LogP contribution in [0.3, 0.4) is 0 Å². The standard InChI is InChI=1S/C7H13N4O/c8-11(4-1-9-7-11)10-2-5-12-6-3-10/h1,4,7H,2-3,5-6,8H2/q+1. The summed E-state index contributed by atoms with van der Waals surface area (Å²) in [5, 5.41) is 2.11. The molecule has 2 N–H and O–H groups in total. The Kier molecular flexibility index (Phi) is 1.93. The zero-order valence-electron chi connectivity index (χ0n) is 6.89. The van der Waals surface area contributed by atoms with E-state index in [1.807, 2.05) is 6.20 Å². The van der Waals surface area contributed by atoms with E-state index in [4.69, 9.17) is 10.6 Å². The summed E-state index contributed by atoms with van der Waals surface area (Å²) in [4.78, 5) is 3.97. The summed E-state index contributed by atoms with van der Waals surface area (Å²) in [5.74, 6) is 6.01. The molecule has 0 aliphatic carbocycles. The summed E-state index contributed by atoms with van der Waals surface area (Å²) in [6.45, 7) is 3.21. The lowest BCUT2D eigenvalue weighted by Crippen LogP contribution is -2.62. The normalized spacial score (nSPS) is 36.1. The quantitative estimate of drug-likeness (QED) is 0.423. The predicted octanol–water partition coefficient (Wildman–Crippen LogP) is -0.563.